The van der Waals surface area contributed by atoms with Gasteiger partial charge in [-0.05, 0) is 24.0 Å². The van der Waals surface area contributed by atoms with Crippen molar-refractivity contribution >= 4 is 22.9 Å². The largest absolute Gasteiger partial charge is 0.396 e. The Balaban J connectivity index is 2.27. The molecule has 2 N–H and O–H groups in total. The molecule has 0 spiro atoms. The van der Waals surface area contributed by atoms with Crippen LogP contribution in [0.15, 0.2) is 12.1 Å². The van der Waals surface area contributed by atoms with Crippen molar-refractivity contribution in [3.63, 3.8) is 0 Å². The van der Waals surface area contributed by atoms with E-state index in [0.717, 1.165) is 23.8 Å². The van der Waals surface area contributed by atoms with Gasteiger partial charge < -0.3 is 10.4 Å². The summed E-state index contributed by atoms with van der Waals surface area (Å²) in [6.07, 6.45) is 0.825. The zero-order valence-corrected chi connectivity index (χ0v) is 10.8. The van der Waals surface area contributed by atoms with Crippen molar-refractivity contribution in [3.05, 3.63) is 21.3 Å². The molecule has 15 heavy (non-hydrogen) atoms. The van der Waals surface area contributed by atoms with E-state index in [2.05, 4.69) is 19.2 Å². The molecule has 0 amide bonds. The summed E-state index contributed by atoms with van der Waals surface area (Å²) in [5, 5.41) is 12.3. The lowest BCUT2D eigenvalue weighted by Gasteiger charge is -2.23. The molecule has 1 aromatic rings. The summed E-state index contributed by atoms with van der Waals surface area (Å²) >= 11 is 7.44. The summed E-state index contributed by atoms with van der Waals surface area (Å²) in [4.78, 5) is 1.25. The average molecular weight is 248 g/mol. The van der Waals surface area contributed by atoms with E-state index in [9.17, 15) is 0 Å². The number of halogens is 1. The second-order valence-corrected chi connectivity index (χ2v) is 6.25. The minimum Gasteiger partial charge on any atom is -0.396 e. The molecule has 0 fully saturated rings. The molecule has 0 bridgehead atoms. The van der Waals surface area contributed by atoms with E-state index < -0.39 is 0 Å². The molecule has 0 radical (unpaired) electrons. The molecule has 4 heteroatoms. The number of thiophene rings is 1. The Kier molecular flexibility index (Phi) is 5.06. The maximum atomic E-state index is 8.88. The van der Waals surface area contributed by atoms with Crippen LogP contribution in [-0.2, 0) is 6.54 Å². The van der Waals surface area contributed by atoms with Crippen molar-refractivity contribution in [1.82, 2.24) is 5.32 Å². The SMILES string of the molecule is CC(C)(CCO)CNCc1ccc(Cl)s1. The minimum absolute atomic E-state index is 0.149. The third kappa shape index (κ3) is 4.98. The van der Waals surface area contributed by atoms with E-state index in [4.69, 9.17) is 16.7 Å². The molecule has 1 heterocycles. The van der Waals surface area contributed by atoms with Crippen molar-refractivity contribution < 1.29 is 5.11 Å². The van der Waals surface area contributed by atoms with Crippen LogP contribution in [0, 0.1) is 5.41 Å². The van der Waals surface area contributed by atoms with E-state index in [1.54, 1.807) is 11.3 Å². The Morgan fingerprint density at radius 3 is 2.73 bits per heavy atom. The van der Waals surface area contributed by atoms with E-state index in [-0.39, 0.29) is 12.0 Å². The van der Waals surface area contributed by atoms with Gasteiger partial charge in [0.2, 0.25) is 0 Å². The maximum Gasteiger partial charge on any atom is 0.0931 e. The molecular weight excluding hydrogens is 230 g/mol. The maximum absolute atomic E-state index is 8.88. The van der Waals surface area contributed by atoms with Gasteiger partial charge in [0.05, 0.1) is 4.34 Å². The highest BCUT2D eigenvalue weighted by atomic mass is 35.5. The molecule has 0 aliphatic heterocycles. The predicted octanol–water partition coefficient (Wildman–Crippen LogP) is 2.90. The Hall–Kier alpha value is -0.0900. The first-order valence-electron chi connectivity index (χ1n) is 5.09. The van der Waals surface area contributed by atoms with Crippen LogP contribution in [0.25, 0.3) is 0 Å². The van der Waals surface area contributed by atoms with Gasteiger partial charge >= 0.3 is 0 Å². The zero-order valence-electron chi connectivity index (χ0n) is 9.22. The van der Waals surface area contributed by atoms with Crippen LogP contribution in [0.4, 0.5) is 0 Å². The zero-order chi connectivity index (χ0) is 11.3. The smallest absolute Gasteiger partial charge is 0.0931 e. The van der Waals surface area contributed by atoms with Crippen LogP contribution in [0.3, 0.4) is 0 Å². The molecule has 1 rings (SSSR count). The van der Waals surface area contributed by atoms with Crippen LogP contribution in [0.2, 0.25) is 4.34 Å². The van der Waals surface area contributed by atoms with E-state index >= 15 is 0 Å². The standard InChI is InChI=1S/C11H18ClNOS/c1-11(2,5-6-14)8-13-7-9-3-4-10(12)15-9/h3-4,13-14H,5-8H2,1-2H3. The number of hydrogen-bond donors (Lipinski definition) is 2. The summed E-state index contributed by atoms with van der Waals surface area (Å²) in [6, 6.07) is 3.96. The molecule has 0 aliphatic carbocycles. The van der Waals surface area contributed by atoms with Gasteiger partial charge in [0.1, 0.15) is 0 Å². The van der Waals surface area contributed by atoms with E-state index in [1.807, 2.05) is 12.1 Å². The number of hydrogen-bond acceptors (Lipinski definition) is 3. The third-order valence-electron chi connectivity index (χ3n) is 2.32. The summed E-state index contributed by atoms with van der Waals surface area (Å²) in [6.45, 7) is 6.31. The first-order chi connectivity index (χ1) is 7.03. The number of aliphatic hydroxyl groups excluding tert-OH is 1. The molecule has 0 saturated heterocycles. The summed E-state index contributed by atoms with van der Waals surface area (Å²) in [5.41, 5.74) is 0.149. The van der Waals surface area contributed by atoms with Gasteiger partial charge in [-0.15, -0.1) is 11.3 Å². The highest BCUT2D eigenvalue weighted by Crippen LogP contribution is 2.22. The van der Waals surface area contributed by atoms with Gasteiger partial charge in [-0.25, -0.2) is 0 Å². The lowest BCUT2D eigenvalue weighted by Crippen LogP contribution is -2.29. The van der Waals surface area contributed by atoms with Gasteiger partial charge in [0.15, 0.2) is 0 Å². The molecule has 0 aliphatic rings. The molecule has 2 nitrogen and oxygen atoms in total. The van der Waals surface area contributed by atoms with Crippen molar-refractivity contribution in [2.24, 2.45) is 5.41 Å². The first-order valence-corrected chi connectivity index (χ1v) is 6.29. The number of rotatable bonds is 6. The van der Waals surface area contributed by atoms with Crippen molar-refractivity contribution in [2.45, 2.75) is 26.8 Å². The summed E-state index contributed by atoms with van der Waals surface area (Å²) in [5.74, 6) is 0. The molecule has 0 atom stereocenters. The molecule has 1 aromatic heterocycles. The quantitative estimate of drug-likeness (QED) is 0.810. The Bertz CT molecular complexity index is 299. The highest BCUT2D eigenvalue weighted by molar-refractivity contribution is 7.16. The van der Waals surface area contributed by atoms with Crippen LogP contribution >= 0.6 is 22.9 Å². The summed E-state index contributed by atoms with van der Waals surface area (Å²) in [7, 11) is 0. The fraction of sp³-hybridized carbons (Fsp3) is 0.636. The highest BCUT2D eigenvalue weighted by Gasteiger charge is 2.16. The van der Waals surface area contributed by atoms with Gasteiger partial charge in [0.25, 0.3) is 0 Å². The molecular formula is C11H18ClNOS. The van der Waals surface area contributed by atoms with E-state index in [1.165, 1.54) is 4.88 Å². The average Bonchev–Trinajstić information content (AvgIpc) is 2.51. The van der Waals surface area contributed by atoms with Gasteiger partial charge in [-0.3, -0.25) is 0 Å². The van der Waals surface area contributed by atoms with Gasteiger partial charge in [-0.1, -0.05) is 25.4 Å². The van der Waals surface area contributed by atoms with Crippen LogP contribution in [0.1, 0.15) is 25.1 Å². The Morgan fingerprint density at radius 1 is 1.47 bits per heavy atom. The monoisotopic (exact) mass is 247 g/mol. The van der Waals surface area contributed by atoms with Crippen LogP contribution < -0.4 is 5.32 Å². The van der Waals surface area contributed by atoms with Gasteiger partial charge in [0, 0.05) is 24.6 Å². The van der Waals surface area contributed by atoms with Crippen molar-refractivity contribution in [1.29, 1.82) is 0 Å². The molecule has 0 unspecified atom stereocenters. The second kappa shape index (κ2) is 5.85. The van der Waals surface area contributed by atoms with Gasteiger partial charge in [-0.2, -0.15) is 0 Å². The van der Waals surface area contributed by atoms with Crippen molar-refractivity contribution in [3.8, 4) is 0 Å². The lowest BCUT2D eigenvalue weighted by atomic mass is 9.90. The Morgan fingerprint density at radius 2 is 2.20 bits per heavy atom. The van der Waals surface area contributed by atoms with Crippen LogP contribution in [-0.4, -0.2) is 18.3 Å². The lowest BCUT2D eigenvalue weighted by molar-refractivity contribution is 0.207. The molecule has 0 aromatic carbocycles. The molecule has 86 valence electrons. The topological polar surface area (TPSA) is 32.3 Å². The normalized spacial score (nSPS) is 12.0. The second-order valence-electron chi connectivity index (χ2n) is 4.45. The fourth-order valence-corrected chi connectivity index (χ4v) is 2.42. The third-order valence-corrected chi connectivity index (χ3v) is 3.55. The van der Waals surface area contributed by atoms with E-state index in [0.29, 0.717) is 0 Å². The Labute approximate surface area is 100 Å². The first kappa shape index (κ1) is 13.0. The molecule has 0 saturated carbocycles. The predicted molar refractivity (Wildman–Crippen MR) is 66.5 cm³/mol. The fourth-order valence-electron chi connectivity index (χ4n) is 1.36. The van der Waals surface area contributed by atoms with Crippen molar-refractivity contribution in [2.75, 3.05) is 13.2 Å². The summed E-state index contributed by atoms with van der Waals surface area (Å²) < 4.78 is 0.835. The number of nitrogens with one attached hydrogen (secondary N) is 1. The minimum atomic E-state index is 0.149. The number of aliphatic hydroxyl groups is 1. The van der Waals surface area contributed by atoms with Crippen LogP contribution in [0.5, 0.6) is 0 Å².